The van der Waals surface area contributed by atoms with Crippen LogP contribution in [-0.4, -0.2) is 36.0 Å². The zero-order valence-electron chi connectivity index (χ0n) is 13.4. The van der Waals surface area contributed by atoms with E-state index in [1.807, 2.05) is 0 Å². The summed E-state index contributed by atoms with van der Waals surface area (Å²) in [5, 5.41) is 3.35. The fraction of sp³-hybridized carbons (Fsp3) is 0.438. The van der Waals surface area contributed by atoms with E-state index in [1.165, 1.54) is 0 Å². The van der Waals surface area contributed by atoms with Crippen molar-refractivity contribution in [1.29, 1.82) is 0 Å². The van der Waals surface area contributed by atoms with E-state index >= 15 is 0 Å². The van der Waals surface area contributed by atoms with E-state index in [1.54, 1.807) is 32.0 Å². The molecule has 3 amide bonds. The molecule has 6 nitrogen and oxygen atoms in total. The molecule has 2 rings (SSSR count). The maximum atomic E-state index is 12.7. The van der Waals surface area contributed by atoms with Crippen LogP contribution in [0.1, 0.15) is 32.3 Å². The van der Waals surface area contributed by atoms with Gasteiger partial charge in [0.15, 0.2) is 0 Å². The van der Waals surface area contributed by atoms with Crippen molar-refractivity contribution in [3.63, 3.8) is 0 Å². The highest BCUT2D eigenvalue weighted by Crippen LogP contribution is 2.33. The number of ether oxygens (including phenoxy) is 1. The Morgan fingerprint density at radius 3 is 2.62 bits per heavy atom. The first-order valence-corrected chi connectivity index (χ1v) is 8.30. The molecule has 1 heterocycles. The van der Waals surface area contributed by atoms with Gasteiger partial charge in [-0.3, -0.25) is 14.5 Å². The molecule has 1 aromatic carbocycles. The van der Waals surface area contributed by atoms with E-state index in [-0.39, 0.29) is 18.9 Å². The summed E-state index contributed by atoms with van der Waals surface area (Å²) in [5.41, 5.74) is -0.668. The summed E-state index contributed by atoms with van der Waals surface area (Å²) in [6.07, 6.45) is 0.490. The second-order valence-electron chi connectivity index (χ2n) is 5.55. The van der Waals surface area contributed by atoms with Crippen LogP contribution in [0, 0.1) is 0 Å². The molecule has 1 fully saturated rings. The van der Waals surface area contributed by atoms with Crippen molar-refractivity contribution < 1.29 is 19.1 Å². The Morgan fingerprint density at radius 2 is 2.00 bits per heavy atom. The first-order valence-electron chi connectivity index (χ1n) is 7.55. The average Bonchev–Trinajstić information content (AvgIpc) is 2.74. The van der Waals surface area contributed by atoms with Gasteiger partial charge in [-0.1, -0.05) is 29.3 Å². The lowest BCUT2D eigenvalue weighted by atomic mass is 9.92. The summed E-state index contributed by atoms with van der Waals surface area (Å²) < 4.78 is 4.82. The number of halogens is 2. The quantitative estimate of drug-likeness (QED) is 0.614. The second-order valence-corrected chi connectivity index (χ2v) is 6.36. The van der Waals surface area contributed by atoms with Gasteiger partial charge in [0.25, 0.3) is 5.91 Å². The topological polar surface area (TPSA) is 75.7 Å². The van der Waals surface area contributed by atoms with Crippen LogP contribution in [0.25, 0.3) is 0 Å². The standard InChI is InChI=1S/C16H18Cl2N2O4/c1-3-24-13(21)5-4-8-20-14(22)16(2,19-15(20)23)10-6-7-11(17)12(18)9-10/h6-7,9H,3-5,8H2,1-2H3,(H,19,23). The Kier molecular flexibility index (Phi) is 5.72. The maximum Gasteiger partial charge on any atom is 0.325 e. The number of hydrogen-bond acceptors (Lipinski definition) is 4. The number of hydrogen-bond donors (Lipinski definition) is 1. The summed E-state index contributed by atoms with van der Waals surface area (Å²) in [5.74, 6) is -0.744. The number of nitrogens with one attached hydrogen (secondary N) is 1. The van der Waals surface area contributed by atoms with Gasteiger partial charge in [0.05, 0.1) is 16.7 Å². The Bertz CT molecular complexity index is 680. The van der Waals surface area contributed by atoms with Gasteiger partial charge >= 0.3 is 12.0 Å². The molecule has 1 aliphatic heterocycles. The SMILES string of the molecule is CCOC(=O)CCCN1C(=O)NC(C)(c2ccc(Cl)c(Cl)c2)C1=O. The molecule has 1 unspecified atom stereocenters. The van der Waals surface area contributed by atoms with Crippen molar-refractivity contribution in [3.8, 4) is 0 Å². The van der Waals surface area contributed by atoms with E-state index in [0.29, 0.717) is 28.6 Å². The largest absolute Gasteiger partial charge is 0.466 e. The van der Waals surface area contributed by atoms with Gasteiger partial charge in [0.2, 0.25) is 0 Å². The monoisotopic (exact) mass is 372 g/mol. The predicted molar refractivity (Wildman–Crippen MR) is 89.9 cm³/mol. The average molecular weight is 373 g/mol. The van der Waals surface area contributed by atoms with Gasteiger partial charge in [0.1, 0.15) is 5.54 Å². The summed E-state index contributed by atoms with van der Waals surface area (Å²) in [4.78, 5) is 37.3. The number of nitrogens with zero attached hydrogens (tertiary/aromatic N) is 1. The Balaban J connectivity index is 2.09. The molecule has 24 heavy (non-hydrogen) atoms. The van der Waals surface area contributed by atoms with Crippen molar-refractivity contribution in [2.24, 2.45) is 0 Å². The molecule has 1 aliphatic rings. The van der Waals surface area contributed by atoms with Crippen LogP contribution in [0.4, 0.5) is 4.79 Å². The van der Waals surface area contributed by atoms with Crippen LogP contribution in [0.5, 0.6) is 0 Å². The zero-order chi connectivity index (χ0) is 17.9. The summed E-state index contributed by atoms with van der Waals surface area (Å²) in [7, 11) is 0. The molecule has 0 aliphatic carbocycles. The maximum absolute atomic E-state index is 12.7. The van der Waals surface area contributed by atoms with E-state index in [9.17, 15) is 14.4 Å². The van der Waals surface area contributed by atoms with Gasteiger partial charge in [0, 0.05) is 13.0 Å². The highest BCUT2D eigenvalue weighted by Gasteiger charge is 2.48. The molecule has 1 N–H and O–H groups in total. The van der Waals surface area contributed by atoms with E-state index in [4.69, 9.17) is 27.9 Å². The Labute approximate surface area is 150 Å². The highest BCUT2D eigenvalue weighted by atomic mass is 35.5. The molecule has 1 atom stereocenters. The van der Waals surface area contributed by atoms with E-state index in [0.717, 1.165) is 4.90 Å². The zero-order valence-corrected chi connectivity index (χ0v) is 14.9. The van der Waals surface area contributed by atoms with Crippen molar-refractivity contribution in [3.05, 3.63) is 33.8 Å². The summed E-state index contributed by atoms with van der Waals surface area (Å²) in [6, 6.07) is 4.28. The first kappa shape index (κ1) is 18.5. The van der Waals surface area contributed by atoms with Crippen molar-refractivity contribution in [1.82, 2.24) is 10.2 Å². The van der Waals surface area contributed by atoms with E-state index < -0.39 is 17.5 Å². The van der Waals surface area contributed by atoms with Gasteiger partial charge in [-0.25, -0.2) is 4.79 Å². The molecule has 0 aromatic heterocycles. The third-order valence-corrected chi connectivity index (χ3v) is 4.58. The van der Waals surface area contributed by atoms with Crippen LogP contribution < -0.4 is 5.32 Å². The second kappa shape index (κ2) is 7.40. The lowest BCUT2D eigenvalue weighted by molar-refractivity contribution is -0.143. The third-order valence-electron chi connectivity index (χ3n) is 3.84. The Hall–Kier alpha value is -1.79. The number of carbonyl (C=O) groups excluding carboxylic acids is 3. The fourth-order valence-corrected chi connectivity index (χ4v) is 2.82. The lowest BCUT2D eigenvalue weighted by Crippen LogP contribution is -2.41. The molecule has 1 aromatic rings. The number of benzene rings is 1. The number of urea groups is 1. The highest BCUT2D eigenvalue weighted by molar-refractivity contribution is 6.42. The van der Waals surface area contributed by atoms with Crippen molar-refractivity contribution in [2.75, 3.05) is 13.2 Å². The number of amides is 3. The fourth-order valence-electron chi connectivity index (χ4n) is 2.52. The molecular weight excluding hydrogens is 355 g/mol. The van der Waals surface area contributed by atoms with Gasteiger partial charge in [-0.05, 0) is 38.0 Å². The molecule has 0 bridgehead atoms. The van der Waals surface area contributed by atoms with Crippen LogP contribution in [0.15, 0.2) is 18.2 Å². The van der Waals surface area contributed by atoms with Crippen LogP contribution >= 0.6 is 23.2 Å². The minimum atomic E-state index is -1.21. The predicted octanol–water partition coefficient (Wildman–Crippen LogP) is 3.10. The summed E-state index contributed by atoms with van der Waals surface area (Å²) >= 11 is 11.9. The number of carbonyl (C=O) groups is 3. The minimum absolute atomic E-state index is 0.139. The normalized spacial score (nSPS) is 20.2. The van der Waals surface area contributed by atoms with Gasteiger partial charge in [-0.2, -0.15) is 0 Å². The van der Waals surface area contributed by atoms with E-state index in [2.05, 4.69) is 5.32 Å². The van der Waals surface area contributed by atoms with Crippen LogP contribution in [0.3, 0.4) is 0 Å². The van der Waals surface area contributed by atoms with Gasteiger partial charge in [-0.15, -0.1) is 0 Å². The number of imide groups is 1. The number of rotatable bonds is 6. The molecule has 0 radical (unpaired) electrons. The smallest absolute Gasteiger partial charge is 0.325 e. The third kappa shape index (κ3) is 3.65. The molecular formula is C16H18Cl2N2O4. The minimum Gasteiger partial charge on any atom is -0.466 e. The van der Waals surface area contributed by atoms with Crippen molar-refractivity contribution >= 4 is 41.1 Å². The molecule has 0 spiro atoms. The van der Waals surface area contributed by atoms with Gasteiger partial charge < -0.3 is 10.1 Å². The number of esters is 1. The molecule has 8 heteroatoms. The Morgan fingerprint density at radius 1 is 1.29 bits per heavy atom. The lowest BCUT2D eigenvalue weighted by Gasteiger charge is -2.22. The molecule has 0 saturated carbocycles. The van der Waals surface area contributed by atoms with Crippen LogP contribution in [-0.2, 0) is 19.9 Å². The van der Waals surface area contributed by atoms with Crippen LogP contribution in [0.2, 0.25) is 10.0 Å². The molecule has 130 valence electrons. The molecule has 1 saturated heterocycles. The van der Waals surface area contributed by atoms with Crippen molar-refractivity contribution in [2.45, 2.75) is 32.2 Å². The first-order chi connectivity index (χ1) is 11.3. The summed E-state index contributed by atoms with van der Waals surface area (Å²) in [6.45, 7) is 3.77.